The van der Waals surface area contributed by atoms with Crippen LogP contribution in [0, 0.1) is 0 Å². The van der Waals surface area contributed by atoms with Gasteiger partial charge in [-0.1, -0.05) is 12.1 Å². The molecule has 1 atom stereocenters. The van der Waals surface area contributed by atoms with Gasteiger partial charge in [0.2, 0.25) is 5.91 Å². The molecule has 1 aromatic rings. The summed E-state index contributed by atoms with van der Waals surface area (Å²) in [7, 11) is 0. The highest BCUT2D eigenvalue weighted by molar-refractivity contribution is 6.32. The average molecular weight is 226 g/mol. The van der Waals surface area contributed by atoms with Gasteiger partial charge in [-0.3, -0.25) is 9.59 Å². The number of benzene rings is 1. The van der Waals surface area contributed by atoms with Crippen molar-refractivity contribution in [1.29, 1.82) is 0 Å². The molecule has 0 aliphatic heterocycles. The maximum atomic E-state index is 11.3. The zero-order valence-electron chi connectivity index (χ0n) is 8.58. The van der Waals surface area contributed by atoms with Crippen LogP contribution in [0.3, 0.4) is 0 Å². The smallest absolute Gasteiger partial charge is 0.242 e. The standard InChI is InChI=1S/C11H12ClNO2/c1-7(12)11(15)13-10-6-4-3-5-9(10)8(2)14/h3-7H,1-2H3,(H,13,15)/t7-/m0/s1. The molecule has 1 rings (SSSR count). The van der Waals surface area contributed by atoms with Gasteiger partial charge in [0.25, 0.3) is 0 Å². The summed E-state index contributed by atoms with van der Waals surface area (Å²) in [5.41, 5.74) is 0.991. The van der Waals surface area contributed by atoms with Crippen molar-refractivity contribution >= 4 is 29.0 Å². The molecule has 0 fully saturated rings. The van der Waals surface area contributed by atoms with Gasteiger partial charge in [-0.2, -0.15) is 0 Å². The highest BCUT2D eigenvalue weighted by Gasteiger charge is 2.12. The van der Waals surface area contributed by atoms with Gasteiger partial charge in [-0.05, 0) is 26.0 Å². The van der Waals surface area contributed by atoms with Crippen molar-refractivity contribution in [3.8, 4) is 0 Å². The number of para-hydroxylation sites is 1. The molecule has 0 radical (unpaired) electrons. The summed E-state index contributed by atoms with van der Waals surface area (Å²) in [4.78, 5) is 22.6. The zero-order chi connectivity index (χ0) is 11.4. The first-order chi connectivity index (χ1) is 7.02. The Kier molecular flexibility index (Phi) is 3.86. The van der Waals surface area contributed by atoms with Gasteiger partial charge in [-0.25, -0.2) is 0 Å². The highest BCUT2D eigenvalue weighted by Crippen LogP contribution is 2.16. The first-order valence-electron chi connectivity index (χ1n) is 4.57. The Morgan fingerprint density at radius 2 is 1.93 bits per heavy atom. The van der Waals surface area contributed by atoms with E-state index in [0.29, 0.717) is 11.3 Å². The van der Waals surface area contributed by atoms with Crippen LogP contribution in [0.15, 0.2) is 24.3 Å². The lowest BCUT2D eigenvalue weighted by molar-refractivity contribution is -0.115. The minimum Gasteiger partial charge on any atom is -0.324 e. The Hall–Kier alpha value is -1.35. The highest BCUT2D eigenvalue weighted by atomic mass is 35.5. The lowest BCUT2D eigenvalue weighted by Crippen LogP contribution is -2.21. The van der Waals surface area contributed by atoms with E-state index in [1.54, 1.807) is 31.2 Å². The molecule has 1 N–H and O–H groups in total. The summed E-state index contributed by atoms with van der Waals surface area (Å²) in [5.74, 6) is -0.404. The minimum atomic E-state index is -0.620. The molecule has 0 saturated heterocycles. The van der Waals surface area contributed by atoms with E-state index in [2.05, 4.69) is 5.32 Å². The number of alkyl halides is 1. The van der Waals surface area contributed by atoms with Gasteiger partial charge >= 0.3 is 0 Å². The molecule has 0 aromatic heterocycles. The molecule has 0 saturated carbocycles. The number of carbonyl (C=O) groups is 2. The van der Waals surface area contributed by atoms with Crippen molar-refractivity contribution in [2.75, 3.05) is 5.32 Å². The summed E-state index contributed by atoms with van der Waals surface area (Å²) in [6.07, 6.45) is 0. The Morgan fingerprint density at radius 3 is 2.47 bits per heavy atom. The molecular formula is C11H12ClNO2. The van der Waals surface area contributed by atoms with Gasteiger partial charge in [0.05, 0.1) is 5.69 Å². The Morgan fingerprint density at radius 1 is 1.33 bits per heavy atom. The Bertz CT molecular complexity index is 388. The molecule has 0 spiro atoms. The van der Waals surface area contributed by atoms with E-state index < -0.39 is 5.38 Å². The molecule has 4 heteroatoms. The first kappa shape index (κ1) is 11.7. The van der Waals surface area contributed by atoms with Gasteiger partial charge in [0.15, 0.2) is 5.78 Å². The summed E-state index contributed by atoms with van der Waals surface area (Å²) in [5, 5.41) is 1.98. The lowest BCUT2D eigenvalue weighted by Gasteiger charge is -2.09. The van der Waals surface area contributed by atoms with Crippen molar-refractivity contribution in [1.82, 2.24) is 0 Å². The number of hydrogen-bond donors (Lipinski definition) is 1. The third kappa shape index (κ3) is 3.06. The predicted molar refractivity (Wildman–Crippen MR) is 60.4 cm³/mol. The first-order valence-corrected chi connectivity index (χ1v) is 5.01. The average Bonchev–Trinajstić information content (AvgIpc) is 2.18. The van der Waals surface area contributed by atoms with E-state index in [1.807, 2.05) is 0 Å². The summed E-state index contributed by atoms with van der Waals surface area (Å²) in [6, 6.07) is 6.84. The molecule has 3 nitrogen and oxygen atoms in total. The normalized spacial score (nSPS) is 11.9. The van der Waals surface area contributed by atoms with Crippen LogP contribution in [0.2, 0.25) is 0 Å². The van der Waals surface area contributed by atoms with Gasteiger partial charge in [0, 0.05) is 5.56 Å². The quantitative estimate of drug-likeness (QED) is 0.635. The Balaban J connectivity index is 2.94. The van der Waals surface area contributed by atoms with Crippen molar-refractivity contribution in [3.05, 3.63) is 29.8 Å². The molecule has 0 unspecified atom stereocenters. The second-order valence-corrected chi connectivity index (χ2v) is 3.86. The van der Waals surface area contributed by atoms with Crippen molar-refractivity contribution in [3.63, 3.8) is 0 Å². The van der Waals surface area contributed by atoms with Crippen LogP contribution in [-0.2, 0) is 4.79 Å². The lowest BCUT2D eigenvalue weighted by atomic mass is 10.1. The van der Waals surface area contributed by atoms with Gasteiger partial charge in [0.1, 0.15) is 5.38 Å². The van der Waals surface area contributed by atoms with Gasteiger partial charge < -0.3 is 5.32 Å². The molecule has 0 bridgehead atoms. The number of Topliss-reactive ketones (excluding diaryl/α,β-unsaturated/α-hetero) is 1. The fourth-order valence-corrected chi connectivity index (χ4v) is 1.19. The summed E-state index contributed by atoms with van der Waals surface area (Å²) in [6.45, 7) is 3.03. The molecule has 80 valence electrons. The number of nitrogens with one attached hydrogen (secondary N) is 1. The predicted octanol–water partition coefficient (Wildman–Crippen LogP) is 2.46. The topological polar surface area (TPSA) is 46.2 Å². The van der Waals surface area contributed by atoms with E-state index >= 15 is 0 Å². The van der Waals surface area contributed by atoms with E-state index in [0.717, 1.165) is 0 Å². The van der Waals surface area contributed by atoms with Crippen LogP contribution in [0.5, 0.6) is 0 Å². The molecular weight excluding hydrogens is 214 g/mol. The van der Waals surface area contributed by atoms with E-state index in [4.69, 9.17) is 11.6 Å². The van der Waals surface area contributed by atoms with Crippen LogP contribution >= 0.6 is 11.6 Å². The summed E-state index contributed by atoms with van der Waals surface area (Å²) >= 11 is 5.61. The third-order valence-corrected chi connectivity index (χ3v) is 2.12. The zero-order valence-corrected chi connectivity index (χ0v) is 9.34. The van der Waals surface area contributed by atoms with Crippen LogP contribution in [0.25, 0.3) is 0 Å². The van der Waals surface area contributed by atoms with Crippen molar-refractivity contribution < 1.29 is 9.59 Å². The fraction of sp³-hybridized carbons (Fsp3) is 0.273. The van der Waals surface area contributed by atoms with Crippen molar-refractivity contribution in [2.24, 2.45) is 0 Å². The number of carbonyl (C=O) groups excluding carboxylic acids is 2. The van der Waals surface area contributed by atoms with E-state index in [-0.39, 0.29) is 11.7 Å². The number of amides is 1. The molecule has 0 aliphatic carbocycles. The molecule has 1 aromatic carbocycles. The minimum absolute atomic E-state index is 0.0897. The molecule has 15 heavy (non-hydrogen) atoms. The summed E-state index contributed by atoms with van der Waals surface area (Å²) < 4.78 is 0. The maximum Gasteiger partial charge on any atom is 0.242 e. The van der Waals surface area contributed by atoms with Crippen LogP contribution in [0.1, 0.15) is 24.2 Å². The second-order valence-electron chi connectivity index (χ2n) is 3.21. The Labute approximate surface area is 93.4 Å². The van der Waals surface area contributed by atoms with Crippen LogP contribution < -0.4 is 5.32 Å². The fourth-order valence-electron chi connectivity index (χ4n) is 1.13. The second kappa shape index (κ2) is 4.94. The van der Waals surface area contributed by atoms with Crippen molar-refractivity contribution in [2.45, 2.75) is 19.2 Å². The molecule has 0 aliphatic rings. The number of ketones is 1. The van der Waals surface area contributed by atoms with Crippen LogP contribution in [0.4, 0.5) is 5.69 Å². The van der Waals surface area contributed by atoms with Gasteiger partial charge in [-0.15, -0.1) is 11.6 Å². The molecule has 0 heterocycles. The largest absolute Gasteiger partial charge is 0.324 e. The third-order valence-electron chi connectivity index (χ3n) is 1.93. The molecule has 1 amide bonds. The van der Waals surface area contributed by atoms with Crippen LogP contribution in [-0.4, -0.2) is 17.1 Å². The number of halogens is 1. The SMILES string of the molecule is CC(=O)c1ccccc1NC(=O)[C@H](C)Cl. The number of hydrogen-bond acceptors (Lipinski definition) is 2. The van der Waals surface area contributed by atoms with E-state index in [9.17, 15) is 9.59 Å². The maximum absolute atomic E-state index is 11.3. The monoisotopic (exact) mass is 225 g/mol. The number of rotatable bonds is 3. The number of anilines is 1. The van der Waals surface area contributed by atoms with E-state index in [1.165, 1.54) is 6.92 Å².